The van der Waals surface area contributed by atoms with Crippen molar-refractivity contribution in [2.45, 2.75) is 31.6 Å². The van der Waals surface area contributed by atoms with Crippen LogP contribution in [0.5, 0.6) is 0 Å². The molecular weight excluding hydrogens is 252 g/mol. The molecule has 2 rings (SSSR count). The van der Waals surface area contributed by atoms with Gasteiger partial charge in [-0.2, -0.15) is 0 Å². The van der Waals surface area contributed by atoms with Crippen LogP contribution in [0.1, 0.15) is 30.0 Å². The van der Waals surface area contributed by atoms with Crippen LogP contribution in [0.3, 0.4) is 0 Å². The van der Waals surface area contributed by atoms with Crippen molar-refractivity contribution in [3.63, 3.8) is 0 Å². The lowest BCUT2D eigenvalue weighted by molar-refractivity contribution is 0.0151. The van der Waals surface area contributed by atoms with Gasteiger partial charge in [0.1, 0.15) is 0 Å². The van der Waals surface area contributed by atoms with E-state index < -0.39 is 0 Å². The van der Waals surface area contributed by atoms with E-state index in [9.17, 15) is 0 Å². The number of benzene rings is 1. The molecule has 1 aromatic carbocycles. The van der Waals surface area contributed by atoms with Gasteiger partial charge in [0.25, 0.3) is 0 Å². The quantitative estimate of drug-likeness (QED) is 0.864. The molecule has 1 saturated heterocycles. The van der Waals surface area contributed by atoms with Crippen molar-refractivity contribution in [2.24, 2.45) is 5.73 Å². The zero-order valence-electron chi connectivity index (χ0n) is 12.5. The molecule has 1 fully saturated rings. The largest absolute Gasteiger partial charge is 0.380 e. The minimum atomic E-state index is 0.249. The van der Waals surface area contributed by atoms with Crippen LogP contribution in [-0.4, -0.2) is 44.9 Å². The van der Waals surface area contributed by atoms with Gasteiger partial charge in [0.15, 0.2) is 0 Å². The van der Waals surface area contributed by atoms with Gasteiger partial charge >= 0.3 is 0 Å². The maximum Gasteiger partial charge on any atom is 0.0716 e. The molecule has 2 N–H and O–H groups in total. The van der Waals surface area contributed by atoms with E-state index >= 15 is 0 Å². The van der Waals surface area contributed by atoms with Crippen LogP contribution in [-0.2, 0) is 16.1 Å². The van der Waals surface area contributed by atoms with Crippen LogP contribution in [0.25, 0.3) is 0 Å². The minimum Gasteiger partial charge on any atom is -0.380 e. The fraction of sp³-hybridized carbons (Fsp3) is 0.625. The highest BCUT2D eigenvalue weighted by Gasteiger charge is 2.27. The fourth-order valence-corrected chi connectivity index (χ4v) is 3.06. The van der Waals surface area contributed by atoms with E-state index in [1.54, 1.807) is 14.2 Å². The summed E-state index contributed by atoms with van der Waals surface area (Å²) in [6.07, 6.45) is 2.64. The molecule has 0 radical (unpaired) electrons. The zero-order chi connectivity index (χ0) is 14.4. The average Bonchev–Trinajstić information content (AvgIpc) is 2.50. The first-order valence-corrected chi connectivity index (χ1v) is 7.33. The first kappa shape index (κ1) is 15.4. The molecule has 2 atom stereocenters. The number of piperidine rings is 1. The highest BCUT2D eigenvalue weighted by Crippen LogP contribution is 2.27. The molecule has 2 unspecified atom stereocenters. The molecule has 0 aliphatic carbocycles. The van der Waals surface area contributed by atoms with Crippen molar-refractivity contribution in [3.8, 4) is 0 Å². The fourth-order valence-electron chi connectivity index (χ4n) is 3.06. The molecular formula is C16H26N2O2. The molecule has 0 aromatic heterocycles. The third-order valence-electron chi connectivity index (χ3n) is 4.12. The summed E-state index contributed by atoms with van der Waals surface area (Å²) in [5.41, 5.74) is 8.58. The third kappa shape index (κ3) is 3.58. The summed E-state index contributed by atoms with van der Waals surface area (Å²) in [5, 5.41) is 0. The minimum absolute atomic E-state index is 0.249. The molecule has 112 valence electrons. The summed E-state index contributed by atoms with van der Waals surface area (Å²) in [4.78, 5) is 2.45. The van der Waals surface area contributed by atoms with Crippen molar-refractivity contribution in [1.29, 1.82) is 0 Å². The summed E-state index contributed by atoms with van der Waals surface area (Å²) in [6, 6.07) is 8.68. The predicted octanol–water partition coefficient (Wildman–Crippen LogP) is 1.94. The molecule has 1 aliphatic heterocycles. The molecule has 1 aromatic rings. The highest BCUT2D eigenvalue weighted by molar-refractivity contribution is 5.30. The van der Waals surface area contributed by atoms with E-state index in [-0.39, 0.29) is 6.04 Å². The Bertz CT molecular complexity index is 411. The van der Waals surface area contributed by atoms with E-state index in [4.69, 9.17) is 15.2 Å². The summed E-state index contributed by atoms with van der Waals surface area (Å²) in [7, 11) is 3.53. The molecule has 1 heterocycles. The van der Waals surface area contributed by atoms with Gasteiger partial charge in [-0.1, -0.05) is 24.3 Å². The Balaban J connectivity index is 2.18. The molecule has 20 heavy (non-hydrogen) atoms. The van der Waals surface area contributed by atoms with E-state index in [0.29, 0.717) is 19.3 Å². The number of hydrogen-bond donors (Lipinski definition) is 1. The van der Waals surface area contributed by atoms with Crippen molar-refractivity contribution in [2.75, 3.05) is 33.9 Å². The number of nitrogens with two attached hydrogens (primary N) is 1. The first-order chi connectivity index (χ1) is 9.80. The zero-order valence-corrected chi connectivity index (χ0v) is 12.5. The number of rotatable bonds is 6. The Morgan fingerprint density at radius 2 is 2.15 bits per heavy atom. The normalized spacial score (nSPS) is 21.9. The highest BCUT2D eigenvalue weighted by atomic mass is 16.5. The van der Waals surface area contributed by atoms with Crippen LogP contribution < -0.4 is 5.73 Å². The van der Waals surface area contributed by atoms with Gasteiger partial charge in [-0.15, -0.1) is 0 Å². The smallest absolute Gasteiger partial charge is 0.0716 e. The van der Waals surface area contributed by atoms with Crippen molar-refractivity contribution >= 4 is 0 Å². The monoisotopic (exact) mass is 278 g/mol. The van der Waals surface area contributed by atoms with Crippen LogP contribution >= 0.6 is 0 Å². The third-order valence-corrected chi connectivity index (χ3v) is 4.12. The number of methoxy groups -OCH3 is 2. The average molecular weight is 278 g/mol. The lowest BCUT2D eigenvalue weighted by atomic mass is 9.96. The Morgan fingerprint density at radius 1 is 1.35 bits per heavy atom. The lowest BCUT2D eigenvalue weighted by Crippen LogP contribution is -2.44. The number of likely N-dealkylation sites (tertiary alicyclic amines) is 1. The Kier molecular flexibility index (Phi) is 5.98. The van der Waals surface area contributed by atoms with Gasteiger partial charge in [0, 0.05) is 33.4 Å². The molecule has 4 heteroatoms. The van der Waals surface area contributed by atoms with Crippen molar-refractivity contribution in [1.82, 2.24) is 4.90 Å². The summed E-state index contributed by atoms with van der Waals surface area (Å²) in [6.45, 7) is 3.30. The van der Waals surface area contributed by atoms with Gasteiger partial charge in [-0.3, -0.25) is 4.90 Å². The van der Waals surface area contributed by atoms with Gasteiger partial charge in [-0.05, 0) is 30.5 Å². The second kappa shape index (κ2) is 7.74. The van der Waals surface area contributed by atoms with Gasteiger partial charge in [0.05, 0.1) is 12.7 Å². The van der Waals surface area contributed by atoms with Crippen LogP contribution in [0, 0.1) is 0 Å². The lowest BCUT2D eigenvalue weighted by Gasteiger charge is -2.38. The van der Waals surface area contributed by atoms with Crippen molar-refractivity contribution < 1.29 is 9.47 Å². The maximum atomic E-state index is 6.06. The van der Waals surface area contributed by atoms with Crippen LogP contribution in [0.4, 0.5) is 0 Å². The SMILES string of the molecule is COCc1ccccc1C(CN)N1CCCC(OC)C1. The molecule has 0 amide bonds. The van der Waals surface area contributed by atoms with Crippen LogP contribution in [0.2, 0.25) is 0 Å². The van der Waals surface area contributed by atoms with E-state index in [1.807, 2.05) is 0 Å². The number of nitrogens with zero attached hydrogens (tertiary/aromatic N) is 1. The van der Waals surface area contributed by atoms with Crippen molar-refractivity contribution in [3.05, 3.63) is 35.4 Å². The first-order valence-electron chi connectivity index (χ1n) is 7.33. The number of ether oxygens (including phenoxy) is 2. The second-order valence-corrected chi connectivity index (χ2v) is 5.38. The van der Waals surface area contributed by atoms with Crippen LogP contribution in [0.15, 0.2) is 24.3 Å². The maximum absolute atomic E-state index is 6.06. The summed E-state index contributed by atoms with van der Waals surface area (Å²) >= 11 is 0. The Labute approximate surface area is 121 Å². The van der Waals surface area contributed by atoms with Gasteiger partial charge in [0.2, 0.25) is 0 Å². The summed E-state index contributed by atoms with van der Waals surface area (Å²) < 4.78 is 10.8. The molecule has 1 aliphatic rings. The molecule has 0 saturated carbocycles. The van der Waals surface area contributed by atoms with E-state index in [2.05, 4.69) is 29.2 Å². The Morgan fingerprint density at radius 3 is 2.85 bits per heavy atom. The number of hydrogen-bond acceptors (Lipinski definition) is 4. The summed E-state index contributed by atoms with van der Waals surface area (Å²) in [5.74, 6) is 0. The molecule has 0 spiro atoms. The molecule has 0 bridgehead atoms. The Hall–Kier alpha value is -0.940. The van der Waals surface area contributed by atoms with E-state index in [0.717, 1.165) is 19.5 Å². The van der Waals surface area contributed by atoms with Gasteiger partial charge < -0.3 is 15.2 Å². The topological polar surface area (TPSA) is 47.7 Å². The standard InChI is InChI=1S/C16H26N2O2/c1-19-12-13-6-3-4-8-15(13)16(10-17)18-9-5-7-14(11-18)20-2/h3-4,6,8,14,16H,5,7,9-12,17H2,1-2H3. The van der Waals surface area contributed by atoms with Gasteiger partial charge in [-0.25, -0.2) is 0 Å². The van der Waals surface area contributed by atoms with E-state index in [1.165, 1.54) is 17.5 Å². The predicted molar refractivity (Wildman–Crippen MR) is 80.6 cm³/mol. The molecule has 4 nitrogen and oxygen atoms in total. The second-order valence-electron chi connectivity index (χ2n) is 5.38.